The van der Waals surface area contributed by atoms with Crippen molar-refractivity contribution in [3.8, 4) is 0 Å². The van der Waals surface area contributed by atoms with Crippen LogP contribution in [0.15, 0.2) is 18.2 Å². The second-order valence-electron chi connectivity index (χ2n) is 10.2. The Balaban J connectivity index is 0. The maximum Gasteiger partial charge on any atom is 0.394 e. The van der Waals surface area contributed by atoms with E-state index in [9.17, 15) is 19.2 Å². The number of aliphatic carboxylic acids is 2. The van der Waals surface area contributed by atoms with Gasteiger partial charge in [-0.2, -0.15) is 0 Å². The number of anilines is 2. The van der Waals surface area contributed by atoms with Gasteiger partial charge in [0.15, 0.2) is 0 Å². The number of aromatic nitrogens is 1. The van der Waals surface area contributed by atoms with Gasteiger partial charge in [-0.05, 0) is 12.1 Å². The van der Waals surface area contributed by atoms with Crippen LogP contribution < -0.4 is 21.3 Å². The third-order valence-electron chi connectivity index (χ3n) is 6.31. The van der Waals surface area contributed by atoms with E-state index in [0.29, 0.717) is 0 Å². The molecule has 1 aromatic rings. The molecule has 18 N–H and O–H groups in total. The Morgan fingerprint density at radius 2 is 0.667 bits per heavy atom. The van der Waals surface area contributed by atoms with E-state index in [4.69, 9.17) is 71.5 Å². The van der Waals surface area contributed by atoms with Gasteiger partial charge in [-0.15, -0.1) is 0 Å². The SMILES string of the molecule is O=C(O)C(=O)Nc1cccc(NC(=O)C(=O)O)n1.OCC(CO)(CO)NC(CO)(CO)CO.OCC(CO)(CO)NC(CO)(CO)CO. The van der Waals surface area contributed by atoms with Crippen LogP contribution in [-0.2, 0) is 19.2 Å². The van der Waals surface area contributed by atoms with Gasteiger partial charge in [0.2, 0.25) is 0 Å². The number of pyridine rings is 1. The Labute approximate surface area is 272 Å². The quantitative estimate of drug-likeness (QED) is 0.0631. The van der Waals surface area contributed by atoms with E-state index in [0.717, 1.165) is 0 Å². The number of carbonyl (C=O) groups is 4. The standard InChI is InChI=1S/C9H7N3O6.2C8H19NO6/c13-6(8(15)16)11-4-2-1-3-5(10-4)12-7(14)9(17)18;2*10-1-7(2-11,3-12)9-8(4-13,5-14)6-15/h1-3H,(H,15,16)(H,17,18)(H2,10,11,12,13,14);2*9-15H,1-6H2. The molecule has 23 heteroatoms. The summed E-state index contributed by atoms with van der Waals surface area (Å²) in [5, 5.41) is 134. The van der Waals surface area contributed by atoms with Gasteiger partial charge < -0.3 is 82.1 Å². The van der Waals surface area contributed by atoms with E-state index in [2.05, 4.69) is 15.6 Å². The number of aliphatic hydroxyl groups is 12. The van der Waals surface area contributed by atoms with Crippen LogP contribution in [0.4, 0.5) is 11.6 Å². The van der Waals surface area contributed by atoms with Crippen molar-refractivity contribution < 1.29 is 90.7 Å². The van der Waals surface area contributed by atoms with Crippen molar-refractivity contribution in [1.29, 1.82) is 0 Å². The highest BCUT2D eigenvalue weighted by Gasteiger charge is 2.40. The number of amides is 2. The molecule has 0 spiro atoms. The Morgan fingerprint density at radius 1 is 0.458 bits per heavy atom. The molecule has 23 nitrogen and oxygen atoms in total. The summed E-state index contributed by atoms with van der Waals surface area (Å²) in [7, 11) is 0. The number of carboxylic acid groups (broad SMARTS) is 2. The molecular weight excluding hydrogens is 658 g/mol. The minimum atomic E-state index is -1.70. The molecule has 48 heavy (non-hydrogen) atoms. The normalized spacial score (nSPS) is 11.8. The number of hydrogen-bond acceptors (Lipinski definition) is 19. The maximum absolute atomic E-state index is 10.8. The first-order chi connectivity index (χ1) is 22.5. The van der Waals surface area contributed by atoms with Gasteiger partial charge in [0, 0.05) is 0 Å². The van der Waals surface area contributed by atoms with E-state index in [1.807, 2.05) is 10.6 Å². The minimum Gasteiger partial charge on any atom is -0.474 e. The second kappa shape index (κ2) is 22.9. The molecule has 0 unspecified atom stereocenters. The van der Waals surface area contributed by atoms with E-state index in [1.54, 1.807) is 0 Å². The van der Waals surface area contributed by atoms with Crippen LogP contribution in [0.25, 0.3) is 0 Å². The highest BCUT2D eigenvalue weighted by atomic mass is 16.4. The lowest BCUT2D eigenvalue weighted by atomic mass is 9.94. The first-order valence-electron chi connectivity index (χ1n) is 13.5. The average molecular weight is 704 g/mol. The predicted molar refractivity (Wildman–Crippen MR) is 159 cm³/mol. The summed E-state index contributed by atoms with van der Waals surface area (Å²) < 4.78 is 0. The molecule has 2 amide bonds. The van der Waals surface area contributed by atoms with Crippen LogP contribution in [-0.4, -0.2) is 202 Å². The van der Waals surface area contributed by atoms with Crippen LogP contribution in [0.5, 0.6) is 0 Å². The summed E-state index contributed by atoms with van der Waals surface area (Å²) in [6.45, 7) is -7.15. The van der Waals surface area contributed by atoms with Crippen molar-refractivity contribution >= 4 is 35.4 Å². The molecule has 1 rings (SSSR count). The fraction of sp³-hybridized carbons (Fsp3) is 0.640. The van der Waals surface area contributed by atoms with Crippen molar-refractivity contribution in [2.75, 3.05) is 89.9 Å². The molecule has 0 atom stereocenters. The lowest BCUT2D eigenvalue weighted by molar-refractivity contribution is -0.147. The summed E-state index contributed by atoms with van der Waals surface area (Å²) in [5.74, 6) is -6.27. The highest BCUT2D eigenvalue weighted by Crippen LogP contribution is 2.13. The topological polar surface area (TPSA) is 413 Å². The first-order valence-corrected chi connectivity index (χ1v) is 13.5. The molecule has 0 bridgehead atoms. The molecule has 1 heterocycles. The second-order valence-corrected chi connectivity index (χ2v) is 10.2. The van der Waals surface area contributed by atoms with Crippen molar-refractivity contribution in [3.05, 3.63) is 18.2 Å². The zero-order valence-electron chi connectivity index (χ0n) is 25.6. The van der Waals surface area contributed by atoms with E-state index in [1.165, 1.54) is 18.2 Å². The number of hydrogen-bond donors (Lipinski definition) is 18. The van der Waals surface area contributed by atoms with Crippen molar-refractivity contribution in [2.45, 2.75) is 22.2 Å². The molecule has 278 valence electrons. The third-order valence-corrected chi connectivity index (χ3v) is 6.31. The summed E-state index contributed by atoms with van der Waals surface area (Å²) in [6.07, 6.45) is 0. The zero-order valence-corrected chi connectivity index (χ0v) is 25.6. The molecule has 0 saturated carbocycles. The fourth-order valence-corrected chi connectivity index (χ4v) is 3.11. The number of aliphatic hydroxyl groups excluding tert-OH is 12. The Morgan fingerprint density at radius 3 is 0.833 bits per heavy atom. The molecule has 0 saturated heterocycles. The zero-order chi connectivity index (χ0) is 37.6. The lowest BCUT2D eigenvalue weighted by Crippen LogP contribution is -2.68. The number of carboxylic acids is 2. The third kappa shape index (κ3) is 14.7. The largest absolute Gasteiger partial charge is 0.474 e. The Hall–Kier alpha value is -3.53. The average Bonchev–Trinajstić information content (AvgIpc) is 3.11. The summed E-state index contributed by atoms with van der Waals surface area (Å²) in [5.41, 5.74) is -5.80. The fourth-order valence-electron chi connectivity index (χ4n) is 3.11. The number of carbonyl (C=O) groups excluding carboxylic acids is 2. The smallest absolute Gasteiger partial charge is 0.394 e. The number of nitrogens with one attached hydrogen (secondary N) is 4. The molecule has 0 aliphatic heterocycles. The molecule has 0 aromatic carbocycles. The van der Waals surface area contributed by atoms with Gasteiger partial charge in [-0.3, -0.25) is 20.2 Å². The van der Waals surface area contributed by atoms with Gasteiger partial charge in [0.05, 0.1) is 101 Å². The van der Waals surface area contributed by atoms with Gasteiger partial charge in [0.1, 0.15) is 11.6 Å². The first kappa shape index (κ1) is 46.6. The van der Waals surface area contributed by atoms with Crippen LogP contribution in [0.1, 0.15) is 0 Å². The predicted octanol–water partition coefficient (Wildman–Crippen LogP) is -8.86. The van der Waals surface area contributed by atoms with Crippen molar-refractivity contribution in [3.63, 3.8) is 0 Å². The van der Waals surface area contributed by atoms with Gasteiger partial charge in [-0.1, -0.05) is 6.07 Å². The van der Waals surface area contributed by atoms with Gasteiger partial charge in [0.25, 0.3) is 0 Å². The highest BCUT2D eigenvalue weighted by molar-refractivity contribution is 6.37. The van der Waals surface area contributed by atoms with Crippen LogP contribution >= 0.6 is 0 Å². The minimum absolute atomic E-state index is 0.134. The summed E-state index contributed by atoms with van der Waals surface area (Å²) >= 11 is 0. The summed E-state index contributed by atoms with van der Waals surface area (Å²) in [6, 6.07) is 3.90. The van der Waals surface area contributed by atoms with E-state index in [-0.39, 0.29) is 11.6 Å². The lowest BCUT2D eigenvalue weighted by Gasteiger charge is -2.39. The van der Waals surface area contributed by atoms with Crippen LogP contribution in [0.3, 0.4) is 0 Å². The molecule has 0 fully saturated rings. The number of nitrogens with zero attached hydrogens (tertiary/aromatic N) is 1. The van der Waals surface area contributed by atoms with Gasteiger partial charge in [-0.25, -0.2) is 14.6 Å². The summed E-state index contributed by atoms with van der Waals surface area (Å²) in [4.78, 5) is 45.8. The van der Waals surface area contributed by atoms with Crippen LogP contribution in [0, 0.1) is 0 Å². The number of rotatable bonds is 18. The Bertz CT molecular complexity index is 960. The van der Waals surface area contributed by atoms with Crippen molar-refractivity contribution in [2.24, 2.45) is 0 Å². The molecule has 0 radical (unpaired) electrons. The molecule has 0 aliphatic rings. The van der Waals surface area contributed by atoms with Gasteiger partial charge >= 0.3 is 23.8 Å². The van der Waals surface area contributed by atoms with E-state index >= 15 is 0 Å². The molecule has 0 aliphatic carbocycles. The Kier molecular flexibility index (Phi) is 22.3. The van der Waals surface area contributed by atoms with Crippen LogP contribution in [0.2, 0.25) is 0 Å². The monoisotopic (exact) mass is 703 g/mol. The maximum atomic E-state index is 10.8. The van der Waals surface area contributed by atoms with E-state index < -0.39 is 125 Å². The van der Waals surface area contributed by atoms with Crippen molar-refractivity contribution in [1.82, 2.24) is 15.6 Å². The molecular formula is C25H45N5O18. The molecule has 1 aromatic heterocycles.